The normalized spacial score (nSPS) is 20.1. The molecule has 138 valence electrons. The van der Waals surface area contributed by atoms with Crippen molar-refractivity contribution in [3.8, 4) is 0 Å². The molecule has 2 aliphatic rings. The third-order valence-electron chi connectivity index (χ3n) is 4.90. The number of rotatable bonds is 4. The largest absolute Gasteiger partial charge is 0.396 e. The van der Waals surface area contributed by atoms with Crippen LogP contribution in [0.4, 0.5) is 11.4 Å². The van der Waals surface area contributed by atoms with Gasteiger partial charge in [0, 0.05) is 29.5 Å². The van der Waals surface area contributed by atoms with Gasteiger partial charge in [-0.15, -0.1) is 0 Å². The zero-order valence-corrected chi connectivity index (χ0v) is 16.0. The summed E-state index contributed by atoms with van der Waals surface area (Å²) in [5, 5.41) is 12.7. The van der Waals surface area contributed by atoms with Gasteiger partial charge < -0.3 is 10.4 Å². The van der Waals surface area contributed by atoms with Gasteiger partial charge in [0.1, 0.15) is 0 Å². The lowest BCUT2D eigenvalue weighted by molar-refractivity contribution is 0.165. The highest BCUT2D eigenvalue weighted by atomic mass is 32.2. The third kappa shape index (κ3) is 3.62. The Morgan fingerprint density at radius 2 is 1.96 bits per heavy atom. The van der Waals surface area contributed by atoms with E-state index >= 15 is 0 Å². The molecular weight excluding hydrogens is 368 g/mol. The Bertz CT molecular complexity index is 915. The Hall–Kier alpha value is -1.54. The van der Waals surface area contributed by atoms with Crippen molar-refractivity contribution in [1.82, 2.24) is 4.31 Å². The number of para-hydroxylation sites is 1. The first-order valence-corrected chi connectivity index (χ1v) is 11.2. The average Bonchev–Trinajstić information content (AvgIpc) is 2.66. The van der Waals surface area contributed by atoms with E-state index in [9.17, 15) is 13.5 Å². The van der Waals surface area contributed by atoms with Gasteiger partial charge in [-0.3, -0.25) is 0 Å². The highest BCUT2D eigenvalue weighted by Crippen LogP contribution is 2.44. The van der Waals surface area contributed by atoms with Crippen LogP contribution in [0.2, 0.25) is 0 Å². The number of aliphatic hydroxyl groups is 1. The van der Waals surface area contributed by atoms with E-state index in [4.69, 9.17) is 0 Å². The van der Waals surface area contributed by atoms with Crippen LogP contribution in [0.1, 0.15) is 18.4 Å². The Morgan fingerprint density at radius 3 is 2.81 bits per heavy atom. The zero-order valence-electron chi connectivity index (χ0n) is 14.4. The van der Waals surface area contributed by atoms with E-state index < -0.39 is 10.0 Å². The van der Waals surface area contributed by atoms with Crippen molar-refractivity contribution in [3.05, 3.63) is 48.0 Å². The van der Waals surface area contributed by atoms with Gasteiger partial charge in [0.15, 0.2) is 0 Å². The highest BCUT2D eigenvalue weighted by molar-refractivity contribution is 7.99. The van der Waals surface area contributed by atoms with Crippen LogP contribution in [-0.4, -0.2) is 37.5 Å². The molecule has 5 nitrogen and oxygen atoms in total. The smallest absolute Gasteiger partial charge is 0.218 e. The number of hydrogen-bond donors (Lipinski definition) is 2. The van der Waals surface area contributed by atoms with Crippen molar-refractivity contribution in [3.63, 3.8) is 0 Å². The summed E-state index contributed by atoms with van der Waals surface area (Å²) in [6.45, 7) is 1.02. The van der Waals surface area contributed by atoms with Crippen LogP contribution in [0, 0.1) is 5.92 Å². The molecular formula is C19H22N2O3S2. The summed E-state index contributed by atoms with van der Waals surface area (Å²) < 4.78 is 27.1. The van der Waals surface area contributed by atoms with Crippen molar-refractivity contribution in [2.45, 2.75) is 28.4 Å². The van der Waals surface area contributed by atoms with Crippen LogP contribution in [0.5, 0.6) is 0 Å². The maximum atomic E-state index is 12.8. The van der Waals surface area contributed by atoms with Crippen LogP contribution in [0.25, 0.3) is 0 Å². The monoisotopic (exact) mass is 390 g/mol. The zero-order chi connectivity index (χ0) is 18.1. The molecule has 0 aromatic heterocycles. The van der Waals surface area contributed by atoms with Crippen LogP contribution >= 0.6 is 11.8 Å². The molecule has 2 aliphatic heterocycles. The maximum absolute atomic E-state index is 12.8. The number of benzene rings is 2. The highest BCUT2D eigenvalue weighted by Gasteiger charge is 2.29. The van der Waals surface area contributed by atoms with Gasteiger partial charge in [0.05, 0.1) is 17.1 Å². The number of nitrogens with one attached hydrogen (secondary N) is 1. The Balaban J connectivity index is 1.53. The van der Waals surface area contributed by atoms with E-state index in [0.29, 0.717) is 13.1 Å². The second-order valence-electron chi connectivity index (χ2n) is 6.86. The van der Waals surface area contributed by atoms with Crippen LogP contribution in [-0.2, 0) is 15.8 Å². The lowest BCUT2D eigenvalue weighted by Gasteiger charge is -2.31. The van der Waals surface area contributed by atoms with Crippen LogP contribution < -0.4 is 5.32 Å². The van der Waals surface area contributed by atoms with Gasteiger partial charge in [-0.25, -0.2) is 12.7 Å². The van der Waals surface area contributed by atoms with Gasteiger partial charge in [-0.1, -0.05) is 30.0 Å². The van der Waals surface area contributed by atoms with E-state index in [-0.39, 0.29) is 18.3 Å². The summed E-state index contributed by atoms with van der Waals surface area (Å²) >= 11 is 1.69. The van der Waals surface area contributed by atoms with Crippen molar-refractivity contribution >= 4 is 33.2 Å². The predicted molar refractivity (Wildman–Crippen MR) is 104 cm³/mol. The van der Waals surface area contributed by atoms with Crippen LogP contribution in [0.15, 0.2) is 52.3 Å². The van der Waals surface area contributed by atoms with E-state index in [0.717, 1.165) is 34.7 Å². The molecule has 0 saturated carbocycles. The van der Waals surface area contributed by atoms with E-state index in [1.165, 1.54) is 9.20 Å². The molecule has 0 spiro atoms. The quantitative estimate of drug-likeness (QED) is 0.714. The lowest BCUT2D eigenvalue weighted by Crippen LogP contribution is -2.41. The first-order chi connectivity index (χ1) is 12.5. The first kappa shape index (κ1) is 17.9. The molecule has 1 atom stereocenters. The van der Waals surface area contributed by atoms with E-state index in [2.05, 4.69) is 11.4 Å². The minimum atomic E-state index is -3.38. The standard InChI is InChI=1S/C19H22N2O3S2/c22-12-15-4-3-9-21(11-15)26(23,24)13-14-7-8-19-17(10-14)20-16-5-1-2-6-18(16)25-19/h1-2,5-8,10,15,20,22H,3-4,9,11-13H2. The number of sulfonamides is 1. The van der Waals surface area contributed by atoms with Gasteiger partial charge in [-0.2, -0.15) is 0 Å². The summed E-state index contributed by atoms with van der Waals surface area (Å²) in [5.41, 5.74) is 2.78. The number of aliphatic hydroxyl groups excluding tert-OH is 1. The molecule has 0 aliphatic carbocycles. The SMILES string of the molecule is O=S(=O)(Cc1ccc2c(c1)Nc1ccccc1S2)N1CCCC(CO)C1. The average molecular weight is 391 g/mol. The summed E-state index contributed by atoms with van der Waals surface area (Å²) in [6.07, 6.45) is 1.70. The lowest BCUT2D eigenvalue weighted by atomic mass is 10.0. The summed E-state index contributed by atoms with van der Waals surface area (Å²) in [5.74, 6) is 0.0449. The van der Waals surface area contributed by atoms with Gasteiger partial charge in [-0.05, 0) is 48.6 Å². The molecule has 26 heavy (non-hydrogen) atoms. The number of piperidine rings is 1. The molecule has 0 radical (unpaired) electrons. The molecule has 2 heterocycles. The Labute approximate surface area is 158 Å². The number of anilines is 2. The van der Waals surface area contributed by atoms with Gasteiger partial charge in [0.2, 0.25) is 10.0 Å². The molecule has 1 fully saturated rings. The molecule has 2 aromatic carbocycles. The molecule has 2 aromatic rings. The predicted octanol–water partition coefficient (Wildman–Crippen LogP) is 3.43. The van der Waals surface area contributed by atoms with Crippen molar-refractivity contribution in [2.24, 2.45) is 5.92 Å². The molecule has 7 heteroatoms. The molecule has 1 unspecified atom stereocenters. The van der Waals surface area contributed by atoms with E-state index in [1.54, 1.807) is 11.8 Å². The fourth-order valence-corrected chi connectivity index (χ4v) is 6.10. The van der Waals surface area contributed by atoms with Gasteiger partial charge >= 0.3 is 0 Å². The van der Waals surface area contributed by atoms with Crippen molar-refractivity contribution in [1.29, 1.82) is 0 Å². The van der Waals surface area contributed by atoms with E-state index in [1.807, 2.05) is 36.4 Å². The van der Waals surface area contributed by atoms with Crippen molar-refractivity contribution < 1.29 is 13.5 Å². The first-order valence-electron chi connectivity index (χ1n) is 8.81. The Kier molecular flexibility index (Phi) is 4.96. The minimum Gasteiger partial charge on any atom is -0.396 e. The third-order valence-corrected chi connectivity index (χ3v) is 7.87. The minimum absolute atomic E-state index is 0.00752. The molecule has 0 amide bonds. The van der Waals surface area contributed by atoms with Crippen molar-refractivity contribution in [2.75, 3.05) is 25.0 Å². The maximum Gasteiger partial charge on any atom is 0.218 e. The van der Waals surface area contributed by atoms with Crippen LogP contribution in [0.3, 0.4) is 0 Å². The number of fused-ring (bicyclic) bond motifs is 2. The fourth-order valence-electron chi connectivity index (χ4n) is 3.51. The number of nitrogens with zero attached hydrogens (tertiary/aromatic N) is 1. The fraction of sp³-hybridized carbons (Fsp3) is 0.368. The molecule has 1 saturated heterocycles. The Morgan fingerprint density at radius 1 is 1.15 bits per heavy atom. The summed E-state index contributed by atoms with van der Waals surface area (Å²) in [6, 6.07) is 13.9. The number of hydrogen-bond acceptors (Lipinski definition) is 5. The molecule has 0 bridgehead atoms. The second-order valence-corrected chi connectivity index (χ2v) is 9.91. The summed E-state index contributed by atoms with van der Waals surface area (Å²) in [4.78, 5) is 2.27. The topological polar surface area (TPSA) is 69.6 Å². The van der Waals surface area contributed by atoms with Gasteiger partial charge in [0.25, 0.3) is 0 Å². The molecule has 2 N–H and O–H groups in total. The summed E-state index contributed by atoms with van der Waals surface area (Å²) in [7, 11) is -3.38. The molecule has 4 rings (SSSR count). The second kappa shape index (κ2) is 7.23.